The van der Waals surface area contributed by atoms with Gasteiger partial charge in [0.15, 0.2) is 11.6 Å². The summed E-state index contributed by atoms with van der Waals surface area (Å²) >= 11 is 0. The number of halogens is 1. The number of aryl methyl sites for hydroxylation is 1. The van der Waals surface area contributed by atoms with Crippen LogP contribution < -0.4 is 5.32 Å². The molecule has 1 saturated heterocycles. The molecule has 0 aromatic carbocycles. The molecule has 0 aliphatic carbocycles. The van der Waals surface area contributed by atoms with E-state index in [0.29, 0.717) is 37.0 Å². The Balaban J connectivity index is 1.57. The number of nitrogens with zero attached hydrogens (tertiary/aromatic N) is 4. The minimum Gasteiger partial charge on any atom is -0.444 e. The SMILES string of the molecule is Cc1cc(Nc2ncc(F)c(CC3CCN(C(=O)OC(C)(C)C)CC3)n2)n[nH]1. The highest BCUT2D eigenvalue weighted by atomic mass is 19.1. The summed E-state index contributed by atoms with van der Waals surface area (Å²) in [6, 6.07) is 1.82. The molecule has 2 aromatic rings. The lowest BCUT2D eigenvalue weighted by Gasteiger charge is -2.33. The van der Waals surface area contributed by atoms with Crippen molar-refractivity contribution in [3.63, 3.8) is 0 Å². The van der Waals surface area contributed by atoms with Gasteiger partial charge < -0.3 is 15.0 Å². The van der Waals surface area contributed by atoms with Crippen molar-refractivity contribution in [2.75, 3.05) is 18.4 Å². The van der Waals surface area contributed by atoms with Gasteiger partial charge in [-0.15, -0.1) is 0 Å². The highest BCUT2D eigenvalue weighted by Crippen LogP contribution is 2.24. The van der Waals surface area contributed by atoms with Crippen LogP contribution in [0.1, 0.15) is 45.0 Å². The van der Waals surface area contributed by atoms with E-state index in [-0.39, 0.29) is 12.0 Å². The van der Waals surface area contributed by atoms with E-state index < -0.39 is 11.4 Å². The molecule has 9 heteroatoms. The molecular formula is C19H27FN6O2. The van der Waals surface area contributed by atoms with Gasteiger partial charge in [0, 0.05) is 24.8 Å². The fraction of sp³-hybridized carbons (Fsp3) is 0.579. The van der Waals surface area contributed by atoms with E-state index in [1.54, 1.807) is 4.90 Å². The van der Waals surface area contributed by atoms with Crippen LogP contribution in [0.25, 0.3) is 0 Å². The third-order valence-electron chi connectivity index (χ3n) is 4.51. The van der Waals surface area contributed by atoms with Gasteiger partial charge in [-0.1, -0.05) is 0 Å². The smallest absolute Gasteiger partial charge is 0.410 e. The molecule has 28 heavy (non-hydrogen) atoms. The summed E-state index contributed by atoms with van der Waals surface area (Å²) in [7, 11) is 0. The zero-order valence-corrected chi connectivity index (χ0v) is 16.8. The molecule has 1 aliphatic heterocycles. The fourth-order valence-corrected chi connectivity index (χ4v) is 3.12. The molecule has 1 fully saturated rings. The second kappa shape index (κ2) is 8.12. The summed E-state index contributed by atoms with van der Waals surface area (Å²) in [5.41, 5.74) is 0.774. The van der Waals surface area contributed by atoms with Gasteiger partial charge in [-0.2, -0.15) is 5.10 Å². The summed E-state index contributed by atoms with van der Waals surface area (Å²) in [5.74, 6) is 0.733. The molecule has 0 radical (unpaired) electrons. The largest absolute Gasteiger partial charge is 0.444 e. The Bertz CT molecular complexity index is 824. The topological polar surface area (TPSA) is 96.0 Å². The summed E-state index contributed by atoms with van der Waals surface area (Å²) in [4.78, 5) is 22.2. The number of anilines is 2. The van der Waals surface area contributed by atoms with Crippen molar-refractivity contribution in [3.8, 4) is 0 Å². The fourth-order valence-electron chi connectivity index (χ4n) is 3.12. The van der Waals surface area contributed by atoms with E-state index in [0.717, 1.165) is 18.5 Å². The Morgan fingerprint density at radius 1 is 1.39 bits per heavy atom. The van der Waals surface area contributed by atoms with Gasteiger partial charge in [-0.25, -0.2) is 19.2 Å². The van der Waals surface area contributed by atoms with Gasteiger partial charge in [-0.05, 0) is 52.9 Å². The Kier molecular flexibility index (Phi) is 5.81. The predicted octanol–water partition coefficient (Wildman–Crippen LogP) is 3.58. The van der Waals surface area contributed by atoms with Gasteiger partial charge >= 0.3 is 6.09 Å². The Labute approximate surface area is 163 Å². The van der Waals surface area contributed by atoms with Crippen LogP contribution in [-0.2, 0) is 11.2 Å². The first-order valence-electron chi connectivity index (χ1n) is 9.48. The number of aromatic nitrogens is 4. The molecule has 0 unspecified atom stereocenters. The zero-order chi connectivity index (χ0) is 20.3. The van der Waals surface area contributed by atoms with Crippen LogP contribution in [0.4, 0.5) is 21.0 Å². The first-order chi connectivity index (χ1) is 13.2. The van der Waals surface area contributed by atoms with Gasteiger partial charge in [0.25, 0.3) is 0 Å². The number of rotatable bonds is 4. The van der Waals surface area contributed by atoms with Crippen LogP contribution in [0.2, 0.25) is 0 Å². The van der Waals surface area contributed by atoms with Crippen molar-refractivity contribution in [1.82, 2.24) is 25.1 Å². The van der Waals surface area contributed by atoms with Crippen LogP contribution in [0, 0.1) is 18.7 Å². The average molecular weight is 390 g/mol. The number of hydrogen-bond acceptors (Lipinski definition) is 6. The van der Waals surface area contributed by atoms with Crippen molar-refractivity contribution in [1.29, 1.82) is 0 Å². The monoisotopic (exact) mass is 390 g/mol. The third kappa shape index (κ3) is 5.40. The number of H-pyrrole nitrogens is 1. The minimum atomic E-state index is -0.506. The maximum atomic E-state index is 14.2. The first kappa shape index (κ1) is 20.0. The van der Waals surface area contributed by atoms with E-state index in [4.69, 9.17) is 4.74 Å². The van der Waals surface area contributed by atoms with E-state index in [1.807, 2.05) is 33.8 Å². The molecule has 0 atom stereocenters. The molecule has 0 spiro atoms. The van der Waals surface area contributed by atoms with E-state index in [2.05, 4.69) is 25.5 Å². The Hall–Kier alpha value is -2.71. The number of aromatic amines is 1. The third-order valence-corrected chi connectivity index (χ3v) is 4.51. The number of carbonyl (C=O) groups excluding carboxylic acids is 1. The Morgan fingerprint density at radius 3 is 2.71 bits per heavy atom. The zero-order valence-electron chi connectivity index (χ0n) is 16.8. The van der Waals surface area contributed by atoms with Crippen LogP contribution in [0.3, 0.4) is 0 Å². The van der Waals surface area contributed by atoms with Gasteiger partial charge in [0.05, 0.1) is 11.9 Å². The average Bonchev–Trinajstić information content (AvgIpc) is 3.02. The van der Waals surface area contributed by atoms with Gasteiger partial charge in [0.1, 0.15) is 5.60 Å². The van der Waals surface area contributed by atoms with E-state index in [1.165, 1.54) is 6.20 Å². The number of likely N-dealkylation sites (tertiary alicyclic amines) is 1. The van der Waals surface area contributed by atoms with Crippen LogP contribution in [0.15, 0.2) is 12.3 Å². The number of ether oxygens (including phenoxy) is 1. The van der Waals surface area contributed by atoms with Crippen molar-refractivity contribution in [3.05, 3.63) is 29.5 Å². The molecule has 3 rings (SSSR count). The first-order valence-corrected chi connectivity index (χ1v) is 9.48. The summed E-state index contributed by atoms with van der Waals surface area (Å²) in [6.07, 6.45) is 2.96. The van der Waals surface area contributed by atoms with Crippen molar-refractivity contribution in [2.24, 2.45) is 5.92 Å². The molecule has 1 amide bonds. The summed E-state index contributed by atoms with van der Waals surface area (Å²) in [6.45, 7) is 8.65. The second-order valence-corrected chi connectivity index (χ2v) is 8.16. The van der Waals surface area contributed by atoms with Crippen molar-refractivity contribution < 1.29 is 13.9 Å². The van der Waals surface area contributed by atoms with Crippen molar-refractivity contribution >= 4 is 17.9 Å². The lowest BCUT2D eigenvalue weighted by Crippen LogP contribution is -2.42. The van der Waals surface area contributed by atoms with Crippen LogP contribution in [-0.4, -0.2) is 49.8 Å². The number of hydrogen-bond donors (Lipinski definition) is 2. The molecule has 0 bridgehead atoms. The van der Waals surface area contributed by atoms with Crippen LogP contribution >= 0.6 is 0 Å². The quantitative estimate of drug-likeness (QED) is 0.828. The summed E-state index contributed by atoms with van der Waals surface area (Å²) in [5, 5.41) is 9.87. The highest BCUT2D eigenvalue weighted by molar-refractivity contribution is 5.68. The lowest BCUT2D eigenvalue weighted by atomic mass is 9.92. The predicted molar refractivity (Wildman–Crippen MR) is 103 cm³/mol. The number of nitrogens with one attached hydrogen (secondary N) is 2. The molecule has 152 valence electrons. The van der Waals surface area contributed by atoms with Crippen LogP contribution in [0.5, 0.6) is 0 Å². The van der Waals surface area contributed by atoms with E-state index >= 15 is 0 Å². The maximum absolute atomic E-state index is 14.2. The minimum absolute atomic E-state index is 0.253. The normalized spacial score (nSPS) is 15.5. The molecule has 2 N–H and O–H groups in total. The second-order valence-electron chi connectivity index (χ2n) is 8.16. The Morgan fingerprint density at radius 2 is 2.11 bits per heavy atom. The van der Waals surface area contributed by atoms with Crippen molar-refractivity contribution in [2.45, 2.75) is 52.6 Å². The molecule has 2 aromatic heterocycles. The van der Waals surface area contributed by atoms with Gasteiger partial charge in [0.2, 0.25) is 5.95 Å². The standard InChI is InChI=1S/C19H27FN6O2/c1-12-9-16(25-24-12)23-17-21-11-14(20)15(22-17)10-13-5-7-26(8-6-13)18(27)28-19(2,3)4/h9,11,13H,5-8,10H2,1-4H3,(H2,21,22,23,24,25). The lowest BCUT2D eigenvalue weighted by molar-refractivity contribution is 0.0183. The number of piperidine rings is 1. The number of carbonyl (C=O) groups is 1. The molecule has 0 saturated carbocycles. The van der Waals surface area contributed by atoms with Gasteiger partial charge in [-0.3, -0.25) is 5.10 Å². The number of amides is 1. The highest BCUT2D eigenvalue weighted by Gasteiger charge is 2.27. The summed E-state index contributed by atoms with van der Waals surface area (Å²) < 4.78 is 19.6. The van der Waals surface area contributed by atoms with E-state index in [9.17, 15) is 9.18 Å². The molecule has 3 heterocycles. The maximum Gasteiger partial charge on any atom is 0.410 e. The molecular weight excluding hydrogens is 363 g/mol. The molecule has 1 aliphatic rings. The molecule has 8 nitrogen and oxygen atoms in total.